The van der Waals surface area contributed by atoms with Crippen molar-refractivity contribution < 1.29 is 14.3 Å². The summed E-state index contributed by atoms with van der Waals surface area (Å²) in [6.07, 6.45) is 1.74. The van der Waals surface area contributed by atoms with Crippen molar-refractivity contribution in [3.63, 3.8) is 0 Å². The molecule has 4 aromatic rings. The molecule has 0 saturated carbocycles. The van der Waals surface area contributed by atoms with Gasteiger partial charge in [-0.2, -0.15) is 0 Å². The third kappa shape index (κ3) is 6.63. The minimum absolute atomic E-state index is 0.00983. The van der Waals surface area contributed by atoms with Crippen molar-refractivity contribution in [3.8, 4) is 11.5 Å². The fraction of sp³-hybridized carbons (Fsp3) is 0.310. The maximum Gasteiger partial charge on any atom is 0.257 e. The molecular weight excluding hydrogens is 438 g/mol. The number of imidazole rings is 1. The number of fused-ring (bicyclic) bond motifs is 1. The van der Waals surface area contributed by atoms with E-state index >= 15 is 0 Å². The van der Waals surface area contributed by atoms with E-state index in [1.165, 1.54) is 5.56 Å². The molecule has 0 aliphatic carbocycles. The largest absolute Gasteiger partial charge is 0.492 e. The van der Waals surface area contributed by atoms with Crippen molar-refractivity contribution in [1.82, 2.24) is 14.9 Å². The van der Waals surface area contributed by atoms with Gasteiger partial charge in [-0.1, -0.05) is 56.3 Å². The van der Waals surface area contributed by atoms with Crippen molar-refractivity contribution >= 4 is 16.9 Å². The van der Waals surface area contributed by atoms with E-state index in [-0.39, 0.29) is 12.5 Å². The van der Waals surface area contributed by atoms with E-state index in [9.17, 15) is 4.79 Å². The minimum Gasteiger partial charge on any atom is -0.492 e. The van der Waals surface area contributed by atoms with Crippen LogP contribution in [0.25, 0.3) is 11.0 Å². The van der Waals surface area contributed by atoms with E-state index in [1.54, 1.807) is 0 Å². The number of benzene rings is 3. The molecule has 1 aromatic heterocycles. The molecule has 35 heavy (non-hydrogen) atoms. The molecule has 6 heteroatoms. The molecule has 0 fully saturated rings. The Bertz CT molecular complexity index is 1220. The normalized spacial score (nSPS) is 11.8. The van der Waals surface area contributed by atoms with Crippen LogP contribution >= 0.6 is 0 Å². The minimum atomic E-state index is -0.152. The summed E-state index contributed by atoms with van der Waals surface area (Å²) in [7, 11) is 0. The fourth-order valence-corrected chi connectivity index (χ4v) is 3.98. The molecule has 0 bridgehead atoms. The molecule has 0 radical (unpaired) electrons. The maximum atomic E-state index is 12.2. The quantitative estimate of drug-likeness (QED) is 0.302. The number of aromatic nitrogens is 2. The van der Waals surface area contributed by atoms with Crippen LogP contribution in [0.4, 0.5) is 0 Å². The van der Waals surface area contributed by atoms with Gasteiger partial charge >= 0.3 is 0 Å². The number of para-hydroxylation sites is 3. The van der Waals surface area contributed by atoms with Crippen LogP contribution in [0.15, 0.2) is 78.9 Å². The first kappa shape index (κ1) is 24.3. The first-order valence-electron chi connectivity index (χ1n) is 12.3. The van der Waals surface area contributed by atoms with Gasteiger partial charge in [0.15, 0.2) is 6.61 Å². The highest BCUT2D eigenvalue weighted by Crippen LogP contribution is 2.22. The number of hydrogen-bond acceptors (Lipinski definition) is 4. The number of hydrogen-bond donors (Lipinski definition) is 1. The lowest BCUT2D eigenvalue weighted by Gasteiger charge is -2.13. The molecule has 1 unspecified atom stereocenters. The summed E-state index contributed by atoms with van der Waals surface area (Å²) in [6.45, 7) is 6.12. The zero-order valence-electron chi connectivity index (χ0n) is 20.4. The Balaban J connectivity index is 1.32. The molecule has 1 N–H and O–H groups in total. The lowest BCUT2D eigenvalue weighted by molar-refractivity contribution is -0.123. The third-order valence-electron chi connectivity index (χ3n) is 6.16. The summed E-state index contributed by atoms with van der Waals surface area (Å²) in [5.41, 5.74) is 3.34. The lowest BCUT2D eigenvalue weighted by Crippen LogP contribution is -2.31. The summed E-state index contributed by atoms with van der Waals surface area (Å²) in [4.78, 5) is 17.0. The average molecular weight is 472 g/mol. The molecule has 1 heterocycles. The number of carbonyl (C=O) groups excluding carboxylic acids is 1. The summed E-state index contributed by atoms with van der Waals surface area (Å²) in [5, 5.41) is 2.93. The fourth-order valence-electron chi connectivity index (χ4n) is 3.98. The Labute approximate surface area is 206 Å². The Hall–Kier alpha value is -3.80. The Kier molecular flexibility index (Phi) is 8.39. The first-order valence-corrected chi connectivity index (χ1v) is 12.3. The molecule has 182 valence electrons. The SMILES string of the molecule is CCC(C)c1ccc(OCCn2c(CCNC(=O)COc3ccccc3)nc3ccccc32)cc1. The number of ether oxygens (including phenoxy) is 2. The molecule has 1 atom stereocenters. The van der Waals surface area contributed by atoms with Gasteiger partial charge in [-0.25, -0.2) is 4.98 Å². The van der Waals surface area contributed by atoms with Crippen LogP contribution in [0, 0.1) is 0 Å². The van der Waals surface area contributed by atoms with E-state index in [2.05, 4.69) is 41.9 Å². The smallest absolute Gasteiger partial charge is 0.257 e. The van der Waals surface area contributed by atoms with Crippen LogP contribution in [-0.2, 0) is 17.8 Å². The van der Waals surface area contributed by atoms with E-state index in [4.69, 9.17) is 14.5 Å². The van der Waals surface area contributed by atoms with Crippen molar-refractivity contribution in [2.24, 2.45) is 0 Å². The zero-order chi connectivity index (χ0) is 24.5. The molecule has 6 nitrogen and oxygen atoms in total. The number of amides is 1. The highest BCUT2D eigenvalue weighted by Gasteiger charge is 2.12. The highest BCUT2D eigenvalue weighted by molar-refractivity contribution is 5.77. The lowest BCUT2D eigenvalue weighted by atomic mass is 9.99. The number of carbonyl (C=O) groups is 1. The van der Waals surface area contributed by atoms with Crippen molar-refractivity contribution in [2.75, 3.05) is 19.8 Å². The Morgan fingerprint density at radius 1 is 0.943 bits per heavy atom. The zero-order valence-corrected chi connectivity index (χ0v) is 20.4. The number of rotatable bonds is 12. The summed E-state index contributed by atoms with van der Waals surface area (Å²) >= 11 is 0. The molecule has 0 aliphatic rings. The summed E-state index contributed by atoms with van der Waals surface area (Å²) < 4.78 is 13.7. The van der Waals surface area contributed by atoms with Crippen LogP contribution in [0.3, 0.4) is 0 Å². The van der Waals surface area contributed by atoms with Gasteiger partial charge in [-0.15, -0.1) is 0 Å². The predicted octanol–water partition coefficient (Wildman–Crippen LogP) is 5.37. The van der Waals surface area contributed by atoms with Gasteiger partial charge < -0.3 is 19.4 Å². The molecule has 3 aromatic carbocycles. The molecule has 1 amide bonds. The van der Waals surface area contributed by atoms with Crippen LogP contribution in [-0.4, -0.2) is 35.2 Å². The van der Waals surface area contributed by atoms with Gasteiger partial charge in [0, 0.05) is 13.0 Å². The van der Waals surface area contributed by atoms with Gasteiger partial charge in [0.2, 0.25) is 0 Å². The molecule has 0 aliphatic heterocycles. The maximum absolute atomic E-state index is 12.2. The Morgan fingerprint density at radius 2 is 1.66 bits per heavy atom. The van der Waals surface area contributed by atoms with E-state index < -0.39 is 0 Å². The standard InChI is InChI=1S/C29H33N3O3/c1-3-22(2)23-13-15-25(16-14-23)34-20-19-32-27-12-8-7-11-26(27)31-28(32)17-18-30-29(33)21-35-24-9-5-4-6-10-24/h4-16,22H,3,17-21H2,1-2H3,(H,30,33). The van der Waals surface area contributed by atoms with Gasteiger partial charge in [-0.05, 0) is 54.3 Å². The average Bonchev–Trinajstić information content (AvgIpc) is 3.25. The second-order valence-corrected chi connectivity index (χ2v) is 8.60. The second kappa shape index (κ2) is 12.1. The third-order valence-corrected chi connectivity index (χ3v) is 6.16. The van der Waals surface area contributed by atoms with Crippen LogP contribution in [0.2, 0.25) is 0 Å². The number of nitrogens with zero attached hydrogens (tertiary/aromatic N) is 2. The van der Waals surface area contributed by atoms with Gasteiger partial charge in [0.1, 0.15) is 23.9 Å². The Morgan fingerprint density at radius 3 is 2.43 bits per heavy atom. The van der Waals surface area contributed by atoms with E-state index in [1.807, 2.05) is 60.7 Å². The molecule has 4 rings (SSSR count). The molecular formula is C29H33N3O3. The van der Waals surface area contributed by atoms with Gasteiger partial charge in [0.05, 0.1) is 17.6 Å². The van der Waals surface area contributed by atoms with E-state index in [0.29, 0.717) is 37.8 Å². The van der Waals surface area contributed by atoms with Crippen molar-refractivity contribution in [2.45, 2.75) is 39.2 Å². The van der Waals surface area contributed by atoms with Crippen LogP contribution in [0.1, 0.15) is 37.6 Å². The molecule has 0 spiro atoms. The van der Waals surface area contributed by atoms with Crippen LogP contribution < -0.4 is 14.8 Å². The topological polar surface area (TPSA) is 65.4 Å². The molecule has 0 saturated heterocycles. The van der Waals surface area contributed by atoms with Gasteiger partial charge in [0.25, 0.3) is 5.91 Å². The van der Waals surface area contributed by atoms with E-state index in [0.717, 1.165) is 29.0 Å². The number of nitrogens with one attached hydrogen (secondary N) is 1. The van der Waals surface area contributed by atoms with Gasteiger partial charge in [-0.3, -0.25) is 4.79 Å². The van der Waals surface area contributed by atoms with Crippen molar-refractivity contribution in [1.29, 1.82) is 0 Å². The summed E-state index contributed by atoms with van der Waals surface area (Å²) in [6, 6.07) is 25.8. The second-order valence-electron chi connectivity index (χ2n) is 8.60. The predicted molar refractivity (Wildman–Crippen MR) is 139 cm³/mol. The van der Waals surface area contributed by atoms with Crippen molar-refractivity contribution in [3.05, 3.63) is 90.3 Å². The summed E-state index contributed by atoms with van der Waals surface area (Å²) in [5.74, 6) is 2.87. The first-order chi connectivity index (χ1) is 17.1. The monoisotopic (exact) mass is 471 g/mol. The highest BCUT2D eigenvalue weighted by atomic mass is 16.5. The van der Waals surface area contributed by atoms with Crippen LogP contribution in [0.5, 0.6) is 11.5 Å².